The van der Waals surface area contributed by atoms with Crippen molar-refractivity contribution >= 4 is 66.3 Å². The summed E-state index contributed by atoms with van der Waals surface area (Å²) in [6.45, 7) is 14.4. The Morgan fingerprint density at radius 2 is 1.51 bits per heavy atom. The molecule has 0 saturated carbocycles. The van der Waals surface area contributed by atoms with E-state index < -0.39 is 24.7 Å². The first kappa shape index (κ1) is 62.3. The molecule has 0 bridgehead atoms. The van der Waals surface area contributed by atoms with Gasteiger partial charge in [-0.15, -0.1) is 11.8 Å². The number of methoxy groups -OCH3 is 1. The summed E-state index contributed by atoms with van der Waals surface area (Å²) in [7, 11) is -0.768. The minimum Gasteiger partial charge on any atom is -0.465 e. The van der Waals surface area contributed by atoms with Gasteiger partial charge in [-0.25, -0.2) is 9.63 Å². The second-order valence-electron chi connectivity index (χ2n) is 18.2. The quantitative estimate of drug-likeness (QED) is 0.0178. The summed E-state index contributed by atoms with van der Waals surface area (Å²) in [6.07, 6.45) is 3.77. The molecule has 3 unspecified atom stereocenters. The van der Waals surface area contributed by atoms with Gasteiger partial charge < -0.3 is 33.6 Å². The van der Waals surface area contributed by atoms with Gasteiger partial charge in [0.2, 0.25) is 0 Å². The molecule has 414 valence electrons. The third-order valence-corrected chi connectivity index (χ3v) is 16.7. The Morgan fingerprint density at radius 3 is 2.13 bits per heavy atom. The number of likely N-dealkylation sites (tertiary alicyclic amines) is 1. The molecule has 2 aliphatic heterocycles. The predicted molar refractivity (Wildman–Crippen MR) is 303 cm³/mol. The lowest BCUT2D eigenvalue weighted by Crippen LogP contribution is -2.46. The molecule has 0 spiro atoms. The van der Waals surface area contributed by atoms with Gasteiger partial charge in [0.15, 0.2) is 26.0 Å². The van der Waals surface area contributed by atoms with Crippen LogP contribution in [0.5, 0.6) is 0 Å². The van der Waals surface area contributed by atoms with E-state index in [2.05, 4.69) is 72.0 Å². The van der Waals surface area contributed by atoms with Gasteiger partial charge in [0.05, 0.1) is 23.3 Å². The number of carbonyl (C=O) groups excluding carboxylic acids is 2. The molecular formula is C56H73ClF3N6O7PS2. The Bertz CT molecular complexity index is 2480. The van der Waals surface area contributed by atoms with Gasteiger partial charge in [-0.2, -0.15) is 13.2 Å². The number of piperidine rings is 1. The Labute approximate surface area is 460 Å². The van der Waals surface area contributed by atoms with E-state index in [4.69, 9.17) is 25.4 Å². The summed E-state index contributed by atoms with van der Waals surface area (Å²) in [5, 5.41) is 4.05. The molecular weight excluding hydrogens is 1060 g/mol. The molecule has 2 heterocycles. The molecule has 2 fully saturated rings. The van der Waals surface area contributed by atoms with E-state index in [1.54, 1.807) is 51.9 Å². The maximum Gasteiger partial charge on any atom is 0.475 e. The fourth-order valence-corrected chi connectivity index (χ4v) is 11.9. The Morgan fingerprint density at radius 1 is 0.855 bits per heavy atom. The number of anilines is 2. The van der Waals surface area contributed by atoms with Crippen LogP contribution >= 0.6 is 31.7 Å². The van der Waals surface area contributed by atoms with Gasteiger partial charge >= 0.3 is 5.51 Å². The molecule has 3 atom stereocenters. The summed E-state index contributed by atoms with van der Waals surface area (Å²) in [4.78, 5) is 29.4. The summed E-state index contributed by atoms with van der Waals surface area (Å²) in [5.41, 5.74) is 6.31. The molecule has 76 heavy (non-hydrogen) atoms. The maximum absolute atomic E-state index is 13.3. The number of hydrogen-bond acceptors (Lipinski definition) is 13. The van der Waals surface area contributed by atoms with E-state index >= 15 is 0 Å². The molecule has 13 nitrogen and oxygen atoms in total. The van der Waals surface area contributed by atoms with Crippen LogP contribution in [0.25, 0.3) is 11.1 Å². The zero-order valence-electron chi connectivity index (χ0n) is 44.0. The van der Waals surface area contributed by atoms with Crippen LogP contribution in [0.1, 0.15) is 56.0 Å². The van der Waals surface area contributed by atoms with Gasteiger partial charge in [-0.3, -0.25) is 19.9 Å². The molecule has 5 aromatic rings. The molecule has 1 amide bonds. The van der Waals surface area contributed by atoms with Crippen molar-refractivity contribution in [3.63, 3.8) is 0 Å². The van der Waals surface area contributed by atoms with Crippen molar-refractivity contribution in [3.05, 3.63) is 144 Å². The van der Waals surface area contributed by atoms with Crippen LogP contribution in [0.15, 0.2) is 137 Å². The lowest BCUT2D eigenvalue weighted by molar-refractivity contribution is -0.131. The van der Waals surface area contributed by atoms with Gasteiger partial charge in [0.25, 0.3) is 12.4 Å². The van der Waals surface area contributed by atoms with Crippen LogP contribution in [-0.4, -0.2) is 129 Å². The third kappa shape index (κ3) is 21.7. The summed E-state index contributed by atoms with van der Waals surface area (Å²) in [5.74, 6) is 1.07. The number of rotatable bonds is 24. The number of hydrazine groups is 1. The topological polar surface area (TPSA) is 134 Å². The number of carbonyl (C=O) groups is 2. The number of alkyl halides is 3. The fraction of sp³-hybridized carbons (Fsp3) is 0.429. The molecule has 2 aliphatic rings. The summed E-state index contributed by atoms with van der Waals surface area (Å²) < 4.78 is 72.8. The lowest BCUT2D eigenvalue weighted by Gasteiger charge is -2.36. The van der Waals surface area contributed by atoms with Gasteiger partial charge in [0.1, 0.15) is 0 Å². The molecule has 0 radical (unpaired) electrons. The number of piperazine rings is 1. The first-order chi connectivity index (χ1) is 36.7. The third-order valence-electron chi connectivity index (χ3n) is 12.3. The number of nitrogens with one attached hydrogen (secondary N) is 3. The number of amides is 1. The van der Waals surface area contributed by atoms with Crippen molar-refractivity contribution in [2.24, 2.45) is 5.92 Å². The number of thioether (sulfide) groups is 1. The van der Waals surface area contributed by atoms with Crippen LogP contribution in [0, 0.1) is 5.92 Å². The second kappa shape index (κ2) is 33.6. The van der Waals surface area contributed by atoms with Crippen molar-refractivity contribution in [1.29, 1.82) is 0 Å². The van der Waals surface area contributed by atoms with Crippen LogP contribution < -0.4 is 21.1 Å². The maximum atomic E-state index is 13.3. The molecule has 7 rings (SSSR count). The number of para-hydroxylation sites is 1. The minimum atomic E-state index is -4.81. The van der Waals surface area contributed by atoms with Gasteiger partial charge in [-0.05, 0) is 136 Å². The first-order valence-corrected chi connectivity index (χ1v) is 29.3. The van der Waals surface area contributed by atoms with Crippen molar-refractivity contribution < 1.29 is 45.5 Å². The van der Waals surface area contributed by atoms with E-state index in [-0.39, 0.29) is 35.4 Å². The predicted octanol–water partition coefficient (Wildman–Crippen LogP) is 11.7. The number of hydrogen-bond donors (Lipinski definition) is 3. The number of nitrogens with zero attached hydrogens (tertiary/aromatic N) is 3. The summed E-state index contributed by atoms with van der Waals surface area (Å²) >= 11 is 7.72. The van der Waals surface area contributed by atoms with Gasteiger partial charge in [-0.1, -0.05) is 78.3 Å². The van der Waals surface area contributed by atoms with Crippen molar-refractivity contribution in [3.8, 4) is 11.1 Å². The minimum absolute atomic E-state index is 0.0301. The van der Waals surface area contributed by atoms with E-state index in [9.17, 15) is 27.0 Å². The monoisotopic (exact) mass is 1130 g/mol. The zero-order chi connectivity index (χ0) is 54.7. The largest absolute Gasteiger partial charge is 0.475 e. The highest BCUT2D eigenvalue weighted by Crippen LogP contribution is 2.42. The lowest BCUT2D eigenvalue weighted by atomic mass is 9.98. The Balaban J connectivity index is 0.000000258. The standard InChI is InChI=1S/C27H38F3N2O4PS2.C25H27ClN4O.C4H8O2/c1-3-35-37(36-21-34-2)19-22-13-16-32(17-14-22)18-15-23(20-38-24-9-5-4-6-10-24)31-25-11-7-8-12-26(25)39(33)27(28,29)30;1-27-28-25(31)20-8-12-23(13-9-20)30-16-14-29(15-17-30)18-21-4-2-3-5-24(21)19-6-10-22(26)11-7-19;1-4(2)6-3-5/h4-12,22-23,31H,3,13-21H2,1-2H3;2-13,27H,14-18H2,1H3,(H,28,31);3-4H,1-2H3. The number of benzene rings is 5. The smallest absolute Gasteiger partial charge is 0.465 e. The highest BCUT2D eigenvalue weighted by atomic mass is 35.5. The highest BCUT2D eigenvalue weighted by Gasteiger charge is 2.39. The zero-order valence-corrected chi connectivity index (χ0v) is 47.3. The summed E-state index contributed by atoms with van der Waals surface area (Å²) in [6, 6.07) is 40.3. The second-order valence-corrected chi connectivity index (χ2v) is 22.7. The van der Waals surface area contributed by atoms with Crippen molar-refractivity contribution in [2.45, 2.75) is 74.0 Å². The van der Waals surface area contributed by atoms with E-state index in [1.807, 2.05) is 73.7 Å². The number of halogens is 4. The van der Waals surface area contributed by atoms with Crippen molar-refractivity contribution in [2.75, 3.05) is 95.5 Å². The van der Waals surface area contributed by atoms with Crippen LogP contribution in [0.3, 0.4) is 0 Å². The van der Waals surface area contributed by atoms with Crippen LogP contribution in [0.2, 0.25) is 5.02 Å². The first-order valence-electron chi connectivity index (χ1n) is 25.4. The Hall–Kier alpha value is -4.59. The average Bonchev–Trinajstić information content (AvgIpc) is 3.42. The molecule has 20 heteroatoms. The molecule has 0 aromatic heterocycles. The molecule has 0 aliphatic carbocycles. The van der Waals surface area contributed by atoms with Crippen LogP contribution in [-0.2, 0) is 40.7 Å². The normalized spacial score (nSPS) is 15.6. The molecule has 2 saturated heterocycles. The van der Waals surface area contributed by atoms with Crippen LogP contribution in [0.4, 0.5) is 24.5 Å². The highest BCUT2D eigenvalue weighted by molar-refractivity contribution is 7.99. The molecule has 5 aromatic carbocycles. The van der Waals surface area contributed by atoms with E-state index in [0.717, 1.165) is 93.4 Å². The van der Waals surface area contributed by atoms with Gasteiger partial charge in [0, 0.05) is 92.6 Å². The van der Waals surface area contributed by atoms with E-state index in [0.29, 0.717) is 30.3 Å². The van der Waals surface area contributed by atoms with E-state index in [1.165, 1.54) is 28.8 Å². The SMILES string of the molecule is CC(C)OC=O.CCOP(CC1CCN(CCC(CSc2ccccc2)Nc2ccccc2S(=O)C(F)(F)F)CC1)OCOC.CNNC(=O)c1ccc(N2CCN(Cc3ccccc3-c3ccc(Cl)cc3)CC2)cc1. The number of ether oxygens (including phenoxy) is 2. The average molecular weight is 1130 g/mol. The molecule has 3 N–H and O–H groups in total. The Kier molecular flexibility index (Phi) is 27.6. The van der Waals surface area contributed by atoms with Crippen molar-refractivity contribution in [1.82, 2.24) is 20.7 Å². The fourth-order valence-electron chi connectivity index (χ4n) is 8.44.